The van der Waals surface area contributed by atoms with E-state index in [0.29, 0.717) is 12.3 Å². The fourth-order valence-electron chi connectivity index (χ4n) is 2.86. The Labute approximate surface area is 178 Å². The van der Waals surface area contributed by atoms with Crippen LogP contribution in [0.15, 0.2) is 64.2 Å². The van der Waals surface area contributed by atoms with Crippen LogP contribution in [-0.4, -0.2) is 38.4 Å². The average molecular weight is 459 g/mol. The van der Waals surface area contributed by atoms with E-state index < -0.39 is 0 Å². The number of carbonyl (C=O) groups is 1. The van der Waals surface area contributed by atoms with Crippen LogP contribution < -0.4 is 0 Å². The Morgan fingerprint density at radius 2 is 1.82 bits per heavy atom. The zero-order chi connectivity index (χ0) is 19.9. The van der Waals surface area contributed by atoms with E-state index in [1.807, 2.05) is 49.5 Å². The number of carbonyl (C=O) groups excluding carboxylic acids is 1. The van der Waals surface area contributed by atoms with Crippen LogP contribution >= 0.6 is 27.7 Å². The Morgan fingerprint density at radius 1 is 1.11 bits per heavy atom. The Balaban J connectivity index is 1.61. The highest BCUT2D eigenvalue weighted by atomic mass is 79.9. The molecular formula is C21H23BrN4OS. The van der Waals surface area contributed by atoms with Crippen LogP contribution in [0, 0.1) is 0 Å². The SMILES string of the molecule is CCn1c(Cc2ccccc2)nnc1SCC(=O)N(C)Cc1ccccc1Br. The van der Waals surface area contributed by atoms with Crippen molar-refractivity contribution in [2.75, 3.05) is 12.8 Å². The second-order valence-corrected chi connectivity index (χ2v) is 8.23. The second-order valence-electron chi connectivity index (χ2n) is 6.44. The molecule has 1 heterocycles. The van der Waals surface area contributed by atoms with E-state index in [4.69, 9.17) is 0 Å². The van der Waals surface area contributed by atoms with Gasteiger partial charge in [-0.15, -0.1) is 10.2 Å². The molecule has 3 aromatic rings. The molecule has 1 aromatic heterocycles. The first-order valence-corrected chi connectivity index (χ1v) is 10.9. The predicted octanol–water partition coefficient (Wildman–Crippen LogP) is 4.40. The molecule has 28 heavy (non-hydrogen) atoms. The van der Waals surface area contributed by atoms with E-state index in [1.54, 1.807) is 4.90 Å². The summed E-state index contributed by atoms with van der Waals surface area (Å²) in [5, 5.41) is 9.44. The standard InChI is InChI=1S/C21H23BrN4OS/c1-3-26-19(13-16-9-5-4-6-10-16)23-24-21(26)28-15-20(27)25(2)14-17-11-7-8-12-18(17)22/h4-12H,3,13-15H2,1-2H3. The van der Waals surface area contributed by atoms with Crippen LogP contribution in [0.4, 0.5) is 0 Å². The molecule has 5 nitrogen and oxygen atoms in total. The van der Waals surface area contributed by atoms with Gasteiger partial charge in [0.1, 0.15) is 5.82 Å². The van der Waals surface area contributed by atoms with Crippen molar-refractivity contribution in [1.29, 1.82) is 0 Å². The van der Waals surface area contributed by atoms with Crippen LogP contribution in [0.25, 0.3) is 0 Å². The first-order chi connectivity index (χ1) is 13.6. The normalized spacial score (nSPS) is 10.8. The lowest BCUT2D eigenvalue weighted by molar-refractivity contribution is -0.127. The van der Waals surface area contributed by atoms with Gasteiger partial charge in [0.05, 0.1) is 5.75 Å². The fraction of sp³-hybridized carbons (Fsp3) is 0.286. The van der Waals surface area contributed by atoms with Gasteiger partial charge in [0.15, 0.2) is 5.16 Å². The second kappa shape index (κ2) is 9.89. The highest BCUT2D eigenvalue weighted by molar-refractivity contribution is 9.10. The van der Waals surface area contributed by atoms with Gasteiger partial charge in [-0.3, -0.25) is 4.79 Å². The minimum Gasteiger partial charge on any atom is -0.341 e. The minimum atomic E-state index is 0.0658. The highest BCUT2D eigenvalue weighted by Crippen LogP contribution is 2.21. The van der Waals surface area contributed by atoms with Crippen LogP contribution in [0.2, 0.25) is 0 Å². The van der Waals surface area contributed by atoms with E-state index in [1.165, 1.54) is 17.3 Å². The van der Waals surface area contributed by atoms with E-state index in [9.17, 15) is 4.79 Å². The largest absolute Gasteiger partial charge is 0.341 e. The molecule has 7 heteroatoms. The number of amides is 1. The summed E-state index contributed by atoms with van der Waals surface area (Å²) in [7, 11) is 1.83. The molecule has 0 unspecified atom stereocenters. The lowest BCUT2D eigenvalue weighted by atomic mass is 10.1. The van der Waals surface area contributed by atoms with E-state index >= 15 is 0 Å². The Hall–Kier alpha value is -2.12. The molecule has 0 aliphatic carbocycles. The maximum absolute atomic E-state index is 12.6. The van der Waals surface area contributed by atoms with Gasteiger partial charge in [-0.1, -0.05) is 76.2 Å². The van der Waals surface area contributed by atoms with Crippen LogP contribution in [-0.2, 0) is 24.3 Å². The molecule has 0 bridgehead atoms. The van der Waals surface area contributed by atoms with Gasteiger partial charge in [0.2, 0.25) is 5.91 Å². The number of hydrogen-bond donors (Lipinski definition) is 0. The maximum atomic E-state index is 12.6. The molecule has 0 spiro atoms. The van der Waals surface area contributed by atoms with Gasteiger partial charge in [0.25, 0.3) is 0 Å². The minimum absolute atomic E-state index is 0.0658. The smallest absolute Gasteiger partial charge is 0.233 e. The quantitative estimate of drug-likeness (QED) is 0.469. The topological polar surface area (TPSA) is 51.0 Å². The molecule has 146 valence electrons. The van der Waals surface area contributed by atoms with Crippen molar-refractivity contribution in [1.82, 2.24) is 19.7 Å². The van der Waals surface area contributed by atoms with E-state index in [-0.39, 0.29) is 5.91 Å². The molecule has 0 atom stereocenters. The molecule has 2 aromatic carbocycles. The number of benzene rings is 2. The molecule has 0 saturated carbocycles. The summed E-state index contributed by atoms with van der Waals surface area (Å²) < 4.78 is 3.09. The van der Waals surface area contributed by atoms with E-state index in [2.05, 4.69) is 49.8 Å². The number of hydrogen-bond acceptors (Lipinski definition) is 4. The molecule has 0 saturated heterocycles. The van der Waals surface area contributed by atoms with Crippen molar-refractivity contribution in [2.45, 2.75) is 31.6 Å². The van der Waals surface area contributed by atoms with Gasteiger partial charge in [-0.05, 0) is 24.1 Å². The van der Waals surface area contributed by atoms with Crippen LogP contribution in [0.1, 0.15) is 23.9 Å². The summed E-state index contributed by atoms with van der Waals surface area (Å²) in [6, 6.07) is 18.2. The third-order valence-corrected chi connectivity index (χ3v) is 6.16. The van der Waals surface area contributed by atoms with Crippen molar-refractivity contribution in [2.24, 2.45) is 0 Å². The molecule has 3 rings (SSSR count). The Morgan fingerprint density at radius 3 is 2.54 bits per heavy atom. The monoisotopic (exact) mass is 458 g/mol. The number of thioether (sulfide) groups is 1. The predicted molar refractivity (Wildman–Crippen MR) is 116 cm³/mol. The summed E-state index contributed by atoms with van der Waals surface area (Å²) in [5.41, 5.74) is 2.29. The van der Waals surface area contributed by atoms with Gasteiger partial charge < -0.3 is 9.47 Å². The van der Waals surface area contributed by atoms with E-state index in [0.717, 1.165) is 34.0 Å². The first-order valence-electron chi connectivity index (χ1n) is 9.14. The lowest BCUT2D eigenvalue weighted by Crippen LogP contribution is -2.28. The average Bonchev–Trinajstić information content (AvgIpc) is 3.10. The molecule has 0 aliphatic rings. The van der Waals surface area contributed by atoms with Crippen molar-refractivity contribution in [3.63, 3.8) is 0 Å². The number of nitrogens with zero attached hydrogens (tertiary/aromatic N) is 4. The summed E-state index contributed by atoms with van der Waals surface area (Å²) in [4.78, 5) is 14.3. The van der Waals surface area contributed by atoms with Crippen molar-refractivity contribution in [3.8, 4) is 0 Å². The number of aromatic nitrogens is 3. The zero-order valence-electron chi connectivity index (χ0n) is 16.0. The first kappa shape index (κ1) is 20.6. The molecule has 0 N–H and O–H groups in total. The van der Waals surface area contributed by atoms with Gasteiger partial charge >= 0.3 is 0 Å². The van der Waals surface area contributed by atoms with Gasteiger partial charge in [0, 0.05) is 31.0 Å². The Kier molecular flexibility index (Phi) is 7.28. The third-order valence-electron chi connectivity index (χ3n) is 4.43. The van der Waals surface area contributed by atoms with Gasteiger partial charge in [-0.25, -0.2) is 0 Å². The summed E-state index contributed by atoms with van der Waals surface area (Å²) in [6.45, 7) is 3.42. The van der Waals surface area contributed by atoms with Crippen molar-refractivity contribution >= 4 is 33.6 Å². The number of halogens is 1. The highest BCUT2D eigenvalue weighted by Gasteiger charge is 2.16. The summed E-state index contributed by atoms with van der Waals surface area (Å²) >= 11 is 4.97. The van der Waals surface area contributed by atoms with Gasteiger partial charge in [-0.2, -0.15) is 0 Å². The molecule has 1 amide bonds. The van der Waals surface area contributed by atoms with Crippen LogP contribution in [0.5, 0.6) is 0 Å². The maximum Gasteiger partial charge on any atom is 0.233 e. The summed E-state index contributed by atoms with van der Waals surface area (Å²) in [6.07, 6.45) is 0.734. The van der Waals surface area contributed by atoms with Crippen LogP contribution in [0.3, 0.4) is 0 Å². The Bertz CT molecular complexity index is 929. The molecule has 0 radical (unpaired) electrons. The molecular weight excluding hydrogens is 436 g/mol. The van der Waals surface area contributed by atoms with Crippen molar-refractivity contribution in [3.05, 3.63) is 76.0 Å². The fourth-order valence-corrected chi connectivity index (χ4v) is 4.23. The van der Waals surface area contributed by atoms with Crippen molar-refractivity contribution < 1.29 is 4.79 Å². The number of rotatable bonds is 8. The summed E-state index contributed by atoms with van der Waals surface area (Å²) in [5.74, 6) is 1.32. The zero-order valence-corrected chi connectivity index (χ0v) is 18.4. The lowest BCUT2D eigenvalue weighted by Gasteiger charge is -2.18. The third kappa shape index (κ3) is 5.23. The molecule has 0 aliphatic heterocycles. The molecule has 0 fully saturated rings.